The molecule has 2 N–H and O–H groups in total. The van der Waals surface area contributed by atoms with Crippen molar-refractivity contribution in [2.24, 2.45) is 0 Å². The van der Waals surface area contributed by atoms with Gasteiger partial charge in [-0.15, -0.1) is 0 Å². The van der Waals surface area contributed by atoms with Crippen LogP contribution in [0.2, 0.25) is 0 Å². The SMILES string of the molecule is COC(=O)c1nc2cc(C(F)(F)F)ccc2nc1Nc1ccc(C(=O)N2CCCC2C(=O)O)cc1. The number of nitrogens with zero attached hydrogens (tertiary/aromatic N) is 3. The molecular formula is C23H19F3N4O5. The highest BCUT2D eigenvalue weighted by Gasteiger charge is 2.34. The third kappa shape index (κ3) is 4.86. The lowest BCUT2D eigenvalue weighted by atomic mass is 10.1. The highest BCUT2D eigenvalue weighted by atomic mass is 19.4. The summed E-state index contributed by atoms with van der Waals surface area (Å²) in [5.41, 5.74) is -0.580. The Morgan fingerprint density at radius 2 is 1.80 bits per heavy atom. The number of hydrogen-bond acceptors (Lipinski definition) is 7. The molecule has 1 amide bonds. The number of fused-ring (bicyclic) bond motifs is 1. The lowest BCUT2D eigenvalue weighted by molar-refractivity contribution is -0.141. The number of benzene rings is 2. The molecule has 35 heavy (non-hydrogen) atoms. The van der Waals surface area contributed by atoms with E-state index in [0.29, 0.717) is 25.1 Å². The number of aromatic nitrogens is 2. The molecule has 2 heterocycles. The molecule has 1 saturated heterocycles. The van der Waals surface area contributed by atoms with E-state index in [9.17, 15) is 32.7 Å². The van der Waals surface area contributed by atoms with Crippen LogP contribution < -0.4 is 5.32 Å². The maximum atomic E-state index is 13.0. The summed E-state index contributed by atoms with van der Waals surface area (Å²) in [5, 5.41) is 12.2. The Morgan fingerprint density at radius 3 is 2.43 bits per heavy atom. The molecule has 0 spiro atoms. The number of methoxy groups -OCH3 is 1. The number of nitrogens with one attached hydrogen (secondary N) is 1. The van der Waals surface area contributed by atoms with Gasteiger partial charge in [0.1, 0.15) is 6.04 Å². The quantitative estimate of drug-likeness (QED) is 0.519. The molecule has 3 aromatic rings. The van der Waals surface area contributed by atoms with Gasteiger partial charge in [0.25, 0.3) is 5.91 Å². The lowest BCUT2D eigenvalue weighted by Crippen LogP contribution is -2.40. The van der Waals surface area contributed by atoms with Crippen molar-refractivity contribution in [3.8, 4) is 0 Å². The van der Waals surface area contributed by atoms with Crippen LogP contribution in [0.25, 0.3) is 11.0 Å². The summed E-state index contributed by atoms with van der Waals surface area (Å²) in [6.07, 6.45) is -3.59. The van der Waals surface area contributed by atoms with Crippen molar-refractivity contribution >= 4 is 40.4 Å². The van der Waals surface area contributed by atoms with Gasteiger partial charge in [-0.1, -0.05) is 0 Å². The van der Waals surface area contributed by atoms with Crippen LogP contribution in [0.4, 0.5) is 24.7 Å². The number of anilines is 2. The Hall–Kier alpha value is -4.22. The van der Waals surface area contributed by atoms with Crippen molar-refractivity contribution in [1.29, 1.82) is 0 Å². The monoisotopic (exact) mass is 488 g/mol. The molecule has 1 fully saturated rings. The molecule has 0 bridgehead atoms. The Labute approximate surface area is 196 Å². The molecular weight excluding hydrogens is 469 g/mol. The van der Waals surface area contributed by atoms with Crippen molar-refractivity contribution in [3.63, 3.8) is 0 Å². The van der Waals surface area contributed by atoms with Crippen LogP contribution >= 0.6 is 0 Å². The number of hydrogen-bond donors (Lipinski definition) is 2. The maximum Gasteiger partial charge on any atom is 0.416 e. The molecule has 0 radical (unpaired) electrons. The van der Waals surface area contributed by atoms with Crippen LogP contribution in [-0.2, 0) is 15.7 Å². The molecule has 4 rings (SSSR count). The first-order chi connectivity index (χ1) is 16.6. The number of likely N-dealkylation sites (tertiary alicyclic amines) is 1. The standard InChI is InChI=1S/C23H19F3N4O5/c1-35-22(34)18-19(29-15-9-6-13(23(24,25)26)11-16(15)28-18)27-14-7-4-12(5-8-14)20(31)30-10-2-3-17(30)21(32)33/h4-9,11,17H,2-3,10H2,1H3,(H,27,29)(H,32,33). The molecule has 0 aliphatic carbocycles. The lowest BCUT2D eigenvalue weighted by Gasteiger charge is -2.21. The van der Waals surface area contributed by atoms with Gasteiger partial charge in [0.05, 0.1) is 23.7 Å². The van der Waals surface area contributed by atoms with E-state index in [1.54, 1.807) is 0 Å². The Kier molecular flexibility index (Phi) is 6.29. The first kappa shape index (κ1) is 23.9. The van der Waals surface area contributed by atoms with Crippen LogP contribution in [0.3, 0.4) is 0 Å². The third-order valence-corrected chi connectivity index (χ3v) is 5.56. The van der Waals surface area contributed by atoms with Crippen LogP contribution in [-0.4, -0.2) is 57.5 Å². The molecule has 9 nitrogen and oxygen atoms in total. The van der Waals surface area contributed by atoms with Crippen molar-refractivity contribution in [1.82, 2.24) is 14.9 Å². The summed E-state index contributed by atoms with van der Waals surface area (Å²) in [7, 11) is 1.10. The zero-order valence-electron chi connectivity index (χ0n) is 18.3. The fourth-order valence-corrected chi connectivity index (χ4v) is 3.82. The number of alkyl halides is 3. The average molecular weight is 488 g/mol. The number of aliphatic carboxylic acids is 1. The number of halogens is 3. The normalized spacial score (nSPS) is 15.8. The van der Waals surface area contributed by atoms with Gasteiger partial charge in [-0.05, 0) is 55.3 Å². The Morgan fingerprint density at radius 1 is 1.09 bits per heavy atom. The van der Waals surface area contributed by atoms with E-state index in [4.69, 9.17) is 4.74 Å². The third-order valence-electron chi connectivity index (χ3n) is 5.56. The first-order valence-corrected chi connectivity index (χ1v) is 10.5. The number of esters is 1. The topological polar surface area (TPSA) is 122 Å². The summed E-state index contributed by atoms with van der Waals surface area (Å²) in [4.78, 5) is 45.9. The summed E-state index contributed by atoms with van der Waals surface area (Å²) >= 11 is 0. The van der Waals surface area contributed by atoms with Gasteiger partial charge in [0, 0.05) is 17.8 Å². The second-order valence-corrected chi connectivity index (χ2v) is 7.81. The number of carboxylic acids is 1. The molecule has 1 unspecified atom stereocenters. The van der Waals surface area contributed by atoms with E-state index in [0.717, 1.165) is 25.3 Å². The number of carboxylic acid groups (broad SMARTS) is 1. The molecule has 12 heteroatoms. The van der Waals surface area contributed by atoms with E-state index < -0.39 is 35.6 Å². The zero-order chi connectivity index (χ0) is 25.3. The van der Waals surface area contributed by atoms with Gasteiger partial charge in [0.15, 0.2) is 11.5 Å². The van der Waals surface area contributed by atoms with E-state index >= 15 is 0 Å². The van der Waals surface area contributed by atoms with Crippen molar-refractivity contribution in [2.75, 3.05) is 19.0 Å². The number of carbonyl (C=O) groups is 3. The number of ether oxygens (including phenoxy) is 1. The molecule has 0 saturated carbocycles. The average Bonchev–Trinajstić information content (AvgIpc) is 3.33. The largest absolute Gasteiger partial charge is 0.480 e. The molecule has 1 aromatic heterocycles. The Balaban J connectivity index is 1.62. The maximum absolute atomic E-state index is 13.0. The molecule has 2 aromatic carbocycles. The minimum Gasteiger partial charge on any atom is -0.480 e. The van der Waals surface area contributed by atoms with E-state index in [-0.39, 0.29) is 28.1 Å². The van der Waals surface area contributed by atoms with Gasteiger partial charge in [-0.3, -0.25) is 4.79 Å². The van der Waals surface area contributed by atoms with Crippen LogP contribution in [0.1, 0.15) is 39.3 Å². The van der Waals surface area contributed by atoms with Crippen LogP contribution in [0.5, 0.6) is 0 Å². The second kappa shape index (κ2) is 9.20. The summed E-state index contributed by atoms with van der Waals surface area (Å²) in [5.74, 6) is -2.42. The highest BCUT2D eigenvalue weighted by Crippen LogP contribution is 2.32. The second-order valence-electron chi connectivity index (χ2n) is 7.81. The summed E-state index contributed by atoms with van der Waals surface area (Å²) in [6, 6.07) is 7.97. The molecule has 1 atom stereocenters. The predicted octanol–water partition coefficient (Wildman–Crippen LogP) is 3.87. The van der Waals surface area contributed by atoms with Crippen LogP contribution in [0.15, 0.2) is 42.5 Å². The fourth-order valence-electron chi connectivity index (χ4n) is 3.82. The van der Waals surface area contributed by atoms with Gasteiger partial charge in [0.2, 0.25) is 0 Å². The molecule has 1 aliphatic heterocycles. The number of rotatable bonds is 5. The predicted molar refractivity (Wildman–Crippen MR) is 117 cm³/mol. The Bertz CT molecular complexity index is 1310. The van der Waals surface area contributed by atoms with E-state index in [2.05, 4.69) is 15.3 Å². The van der Waals surface area contributed by atoms with Crippen molar-refractivity contribution in [3.05, 3.63) is 59.3 Å². The van der Waals surface area contributed by atoms with Crippen molar-refractivity contribution in [2.45, 2.75) is 25.1 Å². The summed E-state index contributed by atoms with van der Waals surface area (Å²) < 4.78 is 43.8. The smallest absolute Gasteiger partial charge is 0.416 e. The van der Waals surface area contributed by atoms with E-state index in [1.165, 1.54) is 29.2 Å². The van der Waals surface area contributed by atoms with Gasteiger partial charge >= 0.3 is 18.1 Å². The van der Waals surface area contributed by atoms with Crippen molar-refractivity contribution < 1.29 is 37.4 Å². The zero-order valence-corrected chi connectivity index (χ0v) is 18.3. The summed E-state index contributed by atoms with van der Waals surface area (Å²) in [6.45, 7) is 0.348. The fraction of sp³-hybridized carbons (Fsp3) is 0.261. The molecule has 182 valence electrons. The highest BCUT2D eigenvalue weighted by molar-refractivity contribution is 5.98. The van der Waals surface area contributed by atoms with Gasteiger partial charge < -0.3 is 20.1 Å². The minimum atomic E-state index is -4.59. The minimum absolute atomic E-state index is 0.0475. The first-order valence-electron chi connectivity index (χ1n) is 10.5. The van der Waals surface area contributed by atoms with Crippen LogP contribution in [0, 0.1) is 0 Å². The van der Waals surface area contributed by atoms with E-state index in [1.807, 2.05) is 0 Å². The number of amides is 1. The molecule has 1 aliphatic rings. The number of carbonyl (C=O) groups excluding carboxylic acids is 2. The van der Waals surface area contributed by atoms with Gasteiger partial charge in [-0.2, -0.15) is 13.2 Å². The van der Waals surface area contributed by atoms with Gasteiger partial charge in [-0.25, -0.2) is 19.6 Å².